The molecule has 0 spiro atoms. The van der Waals surface area contributed by atoms with Gasteiger partial charge in [0.05, 0.1) is 23.0 Å². The molecule has 1 aliphatic carbocycles. The number of pyridine rings is 2. The highest BCUT2D eigenvalue weighted by Crippen LogP contribution is 2.54. The number of nitrogens with one attached hydrogen (secondary N) is 1. The van der Waals surface area contributed by atoms with E-state index in [1.807, 2.05) is 18.2 Å². The molecule has 0 aliphatic heterocycles. The number of rotatable bonds is 4. The lowest BCUT2D eigenvalue weighted by Crippen LogP contribution is -2.19. The number of carbonyl (C=O) groups excluding carboxylic acids is 1. The maximum absolute atomic E-state index is 15.1. The van der Waals surface area contributed by atoms with Crippen LogP contribution in [-0.2, 0) is 5.41 Å². The molecule has 1 saturated carbocycles. The molecule has 3 heterocycles. The Balaban J connectivity index is 1.47. The number of imidazole rings is 1. The number of benzene rings is 2. The third-order valence-electron chi connectivity index (χ3n) is 6.73. The average Bonchev–Trinajstić information content (AvgIpc) is 3.55. The standard InChI is InChI=1S/C27H20F2N4O/c1-30-26(34)20-6-4-16(12-21(20)28)18-13-22(29)25-32-14-24(33(25)15-18)27(8-9-27)19-5-7-23-17(11-19)3-2-10-31-23/h2-7,10-15H,8-9H2,1H3,(H,30,34). The molecule has 3 aromatic heterocycles. The van der Waals surface area contributed by atoms with Crippen molar-refractivity contribution in [1.29, 1.82) is 0 Å². The van der Waals surface area contributed by atoms with Crippen molar-refractivity contribution in [2.45, 2.75) is 18.3 Å². The first-order valence-electron chi connectivity index (χ1n) is 11.0. The number of nitrogens with zero attached hydrogens (tertiary/aromatic N) is 3. The van der Waals surface area contributed by atoms with E-state index >= 15 is 4.39 Å². The van der Waals surface area contributed by atoms with E-state index < -0.39 is 17.5 Å². The zero-order valence-corrected chi connectivity index (χ0v) is 18.3. The normalized spacial score (nSPS) is 14.4. The van der Waals surface area contributed by atoms with Crippen molar-refractivity contribution in [1.82, 2.24) is 19.7 Å². The molecule has 34 heavy (non-hydrogen) atoms. The molecule has 7 heteroatoms. The van der Waals surface area contributed by atoms with Crippen LogP contribution in [0.4, 0.5) is 8.78 Å². The van der Waals surface area contributed by atoms with E-state index in [1.165, 1.54) is 25.2 Å². The summed E-state index contributed by atoms with van der Waals surface area (Å²) in [7, 11) is 1.44. The van der Waals surface area contributed by atoms with Gasteiger partial charge in [0.1, 0.15) is 5.82 Å². The molecule has 0 bridgehead atoms. The number of halogens is 2. The molecular weight excluding hydrogens is 434 g/mol. The van der Waals surface area contributed by atoms with Gasteiger partial charge in [-0.2, -0.15) is 0 Å². The first-order valence-corrected chi connectivity index (χ1v) is 11.0. The minimum atomic E-state index is -0.661. The summed E-state index contributed by atoms with van der Waals surface area (Å²) in [6, 6.07) is 15.8. The summed E-state index contributed by atoms with van der Waals surface area (Å²) in [6.07, 6.45) is 7.14. The Bertz CT molecular complexity index is 1600. The van der Waals surface area contributed by atoms with Crippen molar-refractivity contribution in [2.75, 3.05) is 7.05 Å². The smallest absolute Gasteiger partial charge is 0.253 e. The topological polar surface area (TPSA) is 59.3 Å². The van der Waals surface area contributed by atoms with Gasteiger partial charge in [-0.1, -0.05) is 18.2 Å². The van der Waals surface area contributed by atoms with E-state index in [0.29, 0.717) is 11.1 Å². The monoisotopic (exact) mass is 454 g/mol. The van der Waals surface area contributed by atoms with E-state index in [-0.39, 0.29) is 16.6 Å². The maximum Gasteiger partial charge on any atom is 0.253 e. The molecule has 1 fully saturated rings. The van der Waals surface area contributed by atoms with Crippen LogP contribution in [0.15, 0.2) is 73.2 Å². The molecule has 168 valence electrons. The summed E-state index contributed by atoms with van der Waals surface area (Å²) in [5.41, 5.74) is 3.86. The molecular formula is C27H20F2N4O. The fourth-order valence-corrected chi connectivity index (χ4v) is 4.76. The molecule has 5 aromatic rings. The lowest BCUT2D eigenvalue weighted by molar-refractivity contribution is 0.0959. The lowest BCUT2D eigenvalue weighted by Gasteiger charge is -2.17. The van der Waals surface area contributed by atoms with Gasteiger partial charge in [-0.3, -0.25) is 9.78 Å². The highest BCUT2D eigenvalue weighted by molar-refractivity contribution is 5.94. The van der Waals surface area contributed by atoms with Gasteiger partial charge in [0.2, 0.25) is 0 Å². The summed E-state index contributed by atoms with van der Waals surface area (Å²) in [5.74, 6) is -1.66. The van der Waals surface area contributed by atoms with Crippen molar-refractivity contribution < 1.29 is 13.6 Å². The fraction of sp³-hybridized carbons (Fsp3) is 0.148. The molecule has 5 nitrogen and oxygen atoms in total. The first kappa shape index (κ1) is 20.5. The Morgan fingerprint density at radius 1 is 1.00 bits per heavy atom. The summed E-state index contributed by atoms with van der Waals surface area (Å²) in [6.45, 7) is 0. The number of fused-ring (bicyclic) bond motifs is 2. The summed E-state index contributed by atoms with van der Waals surface area (Å²) >= 11 is 0. The number of aromatic nitrogens is 3. The van der Waals surface area contributed by atoms with Gasteiger partial charge in [0.25, 0.3) is 5.91 Å². The summed E-state index contributed by atoms with van der Waals surface area (Å²) in [4.78, 5) is 20.6. The third-order valence-corrected chi connectivity index (χ3v) is 6.73. The molecule has 0 saturated heterocycles. The van der Waals surface area contributed by atoms with Crippen LogP contribution >= 0.6 is 0 Å². The van der Waals surface area contributed by atoms with Crippen LogP contribution in [0.5, 0.6) is 0 Å². The lowest BCUT2D eigenvalue weighted by atomic mass is 9.91. The van der Waals surface area contributed by atoms with Crippen LogP contribution in [0, 0.1) is 11.6 Å². The van der Waals surface area contributed by atoms with Crippen LogP contribution in [0.2, 0.25) is 0 Å². The van der Waals surface area contributed by atoms with Crippen molar-refractivity contribution in [3.63, 3.8) is 0 Å². The quantitative estimate of drug-likeness (QED) is 0.403. The number of hydrogen-bond acceptors (Lipinski definition) is 3. The van der Waals surface area contributed by atoms with Gasteiger partial charge < -0.3 is 9.72 Å². The number of carbonyl (C=O) groups is 1. The zero-order chi connectivity index (χ0) is 23.4. The van der Waals surface area contributed by atoms with Crippen molar-refractivity contribution in [3.05, 3.63) is 102 Å². The third kappa shape index (κ3) is 3.08. The van der Waals surface area contributed by atoms with Gasteiger partial charge in [-0.05, 0) is 60.4 Å². The Hall–Kier alpha value is -4.13. The molecule has 1 aliphatic rings. The minimum Gasteiger partial charge on any atom is -0.355 e. The van der Waals surface area contributed by atoms with Crippen LogP contribution in [0.1, 0.15) is 34.5 Å². The zero-order valence-electron chi connectivity index (χ0n) is 18.3. The van der Waals surface area contributed by atoms with E-state index in [4.69, 9.17) is 0 Å². The van der Waals surface area contributed by atoms with E-state index in [2.05, 4.69) is 27.4 Å². The average molecular weight is 454 g/mol. The predicted octanol–water partition coefficient (Wildman–Crippen LogP) is 5.27. The van der Waals surface area contributed by atoms with Crippen LogP contribution < -0.4 is 5.32 Å². The van der Waals surface area contributed by atoms with Gasteiger partial charge in [0.15, 0.2) is 11.5 Å². The van der Waals surface area contributed by atoms with Crippen molar-refractivity contribution >= 4 is 22.5 Å². The minimum absolute atomic E-state index is 0.0566. The SMILES string of the molecule is CNC(=O)c1ccc(-c2cc(F)c3ncc(C4(c5ccc6ncccc6c5)CC4)n3c2)cc1F. The number of amides is 1. The van der Waals surface area contributed by atoms with Gasteiger partial charge in [0, 0.05) is 35.8 Å². The van der Waals surface area contributed by atoms with E-state index in [9.17, 15) is 9.18 Å². The van der Waals surface area contributed by atoms with Gasteiger partial charge >= 0.3 is 0 Å². The molecule has 6 rings (SSSR count). The van der Waals surface area contributed by atoms with Crippen molar-refractivity contribution in [2.24, 2.45) is 0 Å². The molecule has 0 radical (unpaired) electrons. The first-order chi connectivity index (χ1) is 16.5. The second-order valence-electron chi connectivity index (χ2n) is 8.68. The van der Waals surface area contributed by atoms with Gasteiger partial charge in [-0.25, -0.2) is 13.8 Å². The van der Waals surface area contributed by atoms with Crippen LogP contribution in [-0.4, -0.2) is 27.3 Å². The molecule has 0 unspecified atom stereocenters. The van der Waals surface area contributed by atoms with Crippen molar-refractivity contribution in [3.8, 4) is 11.1 Å². The second-order valence-corrected chi connectivity index (χ2v) is 8.68. The maximum atomic E-state index is 15.1. The van der Waals surface area contributed by atoms with Crippen LogP contribution in [0.25, 0.3) is 27.7 Å². The summed E-state index contributed by atoms with van der Waals surface area (Å²) < 4.78 is 31.4. The molecule has 1 N–H and O–H groups in total. The molecule has 2 aromatic carbocycles. The van der Waals surface area contributed by atoms with E-state index in [0.717, 1.165) is 35.0 Å². The molecule has 1 amide bonds. The number of hydrogen-bond donors (Lipinski definition) is 1. The Morgan fingerprint density at radius 2 is 1.82 bits per heavy atom. The second kappa shape index (κ2) is 7.45. The fourth-order valence-electron chi connectivity index (χ4n) is 4.76. The van der Waals surface area contributed by atoms with Crippen LogP contribution in [0.3, 0.4) is 0 Å². The van der Waals surface area contributed by atoms with E-state index in [1.54, 1.807) is 29.1 Å². The highest BCUT2D eigenvalue weighted by Gasteiger charge is 2.48. The largest absolute Gasteiger partial charge is 0.355 e. The Labute approximate surface area is 194 Å². The highest BCUT2D eigenvalue weighted by atomic mass is 19.1. The predicted molar refractivity (Wildman–Crippen MR) is 126 cm³/mol. The Kier molecular flexibility index (Phi) is 4.49. The molecule has 0 atom stereocenters. The van der Waals surface area contributed by atoms with Gasteiger partial charge in [-0.15, -0.1) is 0 Å². The Morgan fingerprint density at radius 3 is 2.59 bits per heavy atom. The summed E-state index contributed by atoms with van der Waals surface area (Å²) in [5, 5.41) is 3.47.